The maximum absolute atomic E-state index is 12.6. The molecule has 0 heterocycles. The summed E-state index contributed by atoms with van der Waals surface area (Å²) in [5.41, 5.74) is 4.40. The first-order valence-corrected chi connectivity index (χ1v) is 9.33. The van der Waals surface area contributed by atoms with Crippen molar-refractivity contribution in [2.24, 2.45) is 11.1 Å². The van der Waals surface area contributed by atoms with Crippen LogP contribution >= 0.6 is 0 Å². The number of sulfonamides is 1. The van der Waals surface area contributed by atoms with Crippen LogP contribution in [-0.2, 0) is 14.8 Å². The van der Waals surface area contributed by atoms with Crippen LogP contribution in [0.25, 0.3) is 0 Å². The van der Waals surface area contributed by atoms with Crippen molar-refractivity contribution < 1.29 is 23.2 Å². The lowest BCUT2D eigenvalue weighted by Gasteiger charge is -2.32. The van der Waals surface area contributed by atoms with Gasteiger partial charge < -0.3 is 10.5 Å². The van der Waals surface area contributed by atoms with E-state index in [-0.39, 0.29) is 9.36 Å². The van der Waals surface area contributed by atoms with Crippen LogP contribution in [0.2, 0.25) is 0 Å². The summed E-state index contributed by atoms with van der Waals surface area (Å²) >= 11 is 0. The fraction of sp³-hybridized carbons (Fsp3) is 0.278. The van der Waals surface area contributed by atoms with Crippen molar-refractivity contribution in [2.45, 2.75) is 31.7 Å². The van der Waals surface area contributed by atoms with Crippen molar-refractivity contribution >= 4 is 15.9 Å². The fourth-order valence-corrected chi connectivity index (χ4v) is 3.81. The molecule has 3 N–H and O–H groups in total. The molecule has 0 spiro atoms. The Balaban J connectivity index is 2.27. The van der Waals surface area contributed by atoms with Crippen LogP contribution < -0.4 is 10.5 Å². The minimum Gasteiger partial charge on any atom is -0.457 e. The zero-order valence-electron chi connectivity index (χ0n) is 14.8. The lowest BCUT2D eigenvalue weighted by molar-refractivity contribution is -0.138. The average molecular weight is 378 g/mol. The Labute approximate surface area is 153 Å². The zero-order chi connectivity index (χ0) is 19.5. The molecule has 0 aliphatic carbocycles. The third kappa shape index (κ3) is 4.40. The number of amides is 1. The maximum atomic E-state index is 12.6. The number of primary amides is 1. The zero-order valence-corrected chi connectivity index (χ0v) is 15.6. The molecular weight excluding hydrogens is 356 g/mol. The number of carbonyl (C=O) groups excluding carboxylic acids is 1. The standard InChI is InChI=1S/C18H22N2O5S/c1-18(2,3)16(17(19)21)20(22)26(23,24)15-11-9-14(10-12-15)25-13-7-5-4-6-8-13/h4-12,16,22H,1-3H3,(H2,19,21)/t16-/m1/s1. The predicted octanol–water partition coefficient (Wildman–Crippen LogP) is 2.76. The van der Waals surface area contributed by atoms with Gasteiger partial charge in [0.05, 0.1) is 4.90 Å². The van der Waals surface area contributed by atoms with Gasteiger partial charge in [-0.2, -0.15) is 0 Å². The van der Waals surface area contributed by atoms with Crippen molar-refractivity contribution in [3.8, 4) is 11.5 Å². The molecule has 0 saturated carbocycles. The van der Waals surface area contributed by atoms with Crippen molar-refractivity contribution in [2.75, 3.05) is 0 Å². The normalized spacial score (nSPS) is 13.4. The quantitative estimate of drug-likeness (QED) is 0.751. The van der Waals surface area contributed by atoms with E-state index in [1.807, 2.05) is 18.2 Å². The first-order chi connectivity index (χ1) is 12.0. The summed E-state index contributed by atoms with van der Waals surface area (Å²) in [4.78, 5) is 11.5. The summed E-state index contributed by atoms with van der Waals surface area (Å²) in [5.74, 6) is 0.0999. The van der Waals surface area contributed by atoms with E-state index in [2.05, 4.69) is 0 Å². The Morgan fingerprint density at radius 3 is 2.00 bits per heavy atom. The number of rotatable bonds is 6. The number of para-hydroxylation sites is 1. The van der Waals surface area contributed by atoms with Crippen molar-refractivity contribution in [3.05, 3.63) is 54.6 Å². The molecule has 0 aliphatic heterocycles. The van der Waals surface area contributed by atoms with Gasteiger partial charge in [-0.15, -0.1) is 0 Å². The van der Waals surface area contributed by atoms with Crippen molar-refractivity contribution in [1.82, 2.24) is 4.47 Å². The van der Waals surface area contributed by atoms with Gasteiger partial charge in [0.1, 0.15) is 17.5 Å². The molecule has 0 unspecified atom stereocenters. The van der Waals surface area contributed by atoms with Crippen LogP contribution in [0, 0.1) is 5.41 Å². The van der Waals surface area contributed by atoms with Gasteiger partial charge in [0.15, 0.2) is 0 Å². The van der Waals surface area contributed by atoms with E-state index >= 15 is 0 Å². The number of nitrogens with two attached hydrogens (primary N) is 1. The molecule has 1 atom stereocenters. The number of benzene rings is 2. The van der Waals surface area contributed by atoms with Crippen LogP contribution in [0.1, 0.15) is 20.8 Å². The molecule has 2 aromatic carbocycles. The molecule has 2 aromatic rings. The number of hydroxylamine groups is 1. The van der Waals surface area contributed by atoms with Gasteiger partial charge in [-0.25, -0.2) is 8.42 Å². The van der Waals surface area contributed by atoms with Gasteiger partial charge in [0, 0.05) is 0 Å². The van der Waals surface area contributed by atoms with E-state index in [4.69, 9.17) is 10.5 Å². The smallest absolute Gasteiger partial charge is 0.265 e. The van der Waals surface area contributed by atoms with E-state index in [0.717, 1.165) is 0 Å². The van der Waals surface area contributed by atoms with E-state index in [1.54, 1.807) is 32.9 Å². The molecule has 0 bridgehead atoms. The largest absolute Gasteiger partial charge is 0.457 e. The summed E-state index contributed by atoms with van der Waals surface area (Å²) in [7, 11) is -4.32. The molecule has 0 radical (unpaired) electrons. The minimum atomic E-state index is -4.32. The molecule has 0 saturated heterocycles. The van der Waals surface area contributed by atoms with Gasteiger partial charge in [0.2, 0.25) is 5.91 Å². The van der Waals surface area contributed by atoms with Crippen molar-refractivity contribution in [1.29, 1.82) is 0 Å². The summed E-state index contributed by atoms with van der Waals surface area (Å²) in [6.45, 7) is 4.83. The molecule has 1 amide bonds. The van der Waals surface area contributed by atoms with Crippen LogP contribution in [0.15, 0.2) is 59.5 Å². The predicted molar refractivity (Wildman–Crippen MR) is 96.2 cm³/mol. The number of hydrogen-bond donors (Lipinski definition) is 2. The van der Waals surface area contributed by atoms with Crippen LogP contribution in [0.3, 0.4) is 0 Å². The Bertz CT molecular complexity index is 859. The molecule has 2 rings (SSSR count). The lowest BCUT2D eigenvalue weighted by atomic mass is 9.87. The number of ether oxygens (including phenoxy) is 1. The molecule has 7 nitrogen and oxygen atoms in total. The average Bonchev–Trinajstić information content (AvgIpc) is 2.54. The van der Waals surface area contributed by atoms with Gasteiger partial charge in [-0.05, 0) is 41.8 Å². The molecule has 0 fully saturated rings. The van der Waals surface area contributed by atoms with Gasteiger partial charge >= 0.3 is 0 Å². The second-order valence-electron chi connectivity index (χ2n) is 6.84. The van der Waals surface area contributed by atoms with E-state index in [0.29, 0.717) is 11.5 Å². The van der Waals surface area contributed by atoms with Crippen LogP contribution in [0.5, 0.6) is 11.5 Å². The highest BCUT2D eigenvalue weighted by atomic mass is 32.2. The lowest BCUT2D eigenvalue weighted by Crippen LogP contribution is -2.52. The highest BCUT2D eigenvalue weighted by Crippen LogP contribution is 2.29. The molecule has 0 aromatic heterocycles. The Kier molecular flexibility index (Phi) is 5.70. The van der Waals surface area contributed by atoms with E-state index < -0.39 is 27.4 Å². The molecular formula is C18H22N2O5S. The van der Waals surface area contributed by atoms with E-state index in [1.165, 1.54) is 24.3 Å². The second kappa shape index (κ2) is 7.45. The van der Waals surface area contributed by atoms with Gasteiger partial charge in [-0.1, -0.05) is 43.4 Å². The number of hydrogen-bond acceptors (Lipinski definition) is 5. The third-order valence-corrected chi connectivity index (χ3v) is 5.23. The maximum Gasteiger partial charge on any atom is 0.265 e. The number of carbonyl (C=O) groups is 1. The molecule has 8 heteroatoms. The summed E-state index contributed by atoms with van der Waals surface area (Å²) in [6.07, 6.45) is 0. The highest BCUT2D eigenvalue weighted by Gasteiger charge is 2.41. The summed E-state index contributed by atoms with van der Waals surface area (Å²) < 4.78 is 30.9. The summed E-state index contributed by atoms with van der Waals surface area (Å²) in [6, 6.07) is 13.1. The first kappa shape index (κ1) is 19.9. The monoisotopic (exact) mass is 378 g/mol. The molecule has 140 valence electrons. The summed E-state index contributed by atoms with van der Waals surface area (Å²) in [5, 5.41) is 10.2. The SMILES string of the molecule is CC(C)(C)[C@@H](C(N)=O)N(O)S(=O)(=O)c1ccc(Oc2ccccc2)cc1. The Morgan fingerprint density at radius 2 is 1.54 bits per heavy atom. The number of nitrogens with zero attached hydrogens (tertiary/aromatic N) is 1. The highest BCUT2D eigenvalue weighted by molar-refractivity contribution is 7.89. The van der Waals surface area contributed by atoms with E-state index in [9.17, 15) is 18.4 Å². The van der Waals surface area contributed by atoms with Crippen molar-refractivity contribution in [3.63, 3.8) is 0 Å². The molecule has 0 aliphatic rings. The fourth-order valence-electron chi connectivity index (χ4n) is 2.42. The topological polar surface area (TPSA) is 110 Å². The van der Waals surface area contributed by atoms with Crippen LogP contribution in [0.4, 0.5) is 0 Å². The first-order valence-electron chi connectivity index (χ1n) is 7.89. The van der Waals surface area contributed by atoms with Gasteiger partial charge in [-0.3, -0.25) is 10.0 Å². The minimum absolute atomic E-state index is 0.0302. The van der Waals surface area contributed by atoms with Gasteiger partial charge in [0.25, 0.3) is 10.0 Å². The Morgan fingerprint density at radius 1 is 1.04 bits per heavy atom. The second-order valence-corrected chi connectivity index (χ2v) is 8.63. The van der Waals surface area contributed by atoms with Crippen LogP contribution in [-0.4, -0.2) is 30.0 Å². The Hall–Kier alpha value is -2.42. The molecule has 26 heavy (non-hydrogen) atoms. The third-order valence-electron chi connectivity index (χ3n) is 3.66.